The first-order valence-electron chi connectivity index (χ1n) is 6.08. The Labute approximate surface area is 95.0 Å². The minimum atomic E-state index is 0.398. The van der Waals surface area contributed by atoms with E-state index >= 15 is 0 Å². The van der Waals surface area contributed by atoms with E-state index < -0.39 is 0 Å². The molecule has 1 nitrogen and oxygen atoms in total. The Morgan fingerprint density at radius 2 is 1.47 bits per heavy atom. The van der Waals surface area contributed by atoms with Crippen LogP contribution in [0.5, 0.6) is 0 Å². The minimum Gasteiger partial charge on any atom is -0.303 e. The molecule has 0 aliphatic carbocycles. The van der Waals surface area contributed by atoms with E-state index in [0.717, 1.165) is 6.29 Å². The highest BCUT2D eigenvalue weighted by atomic mass is 16.1. The summed E-state index contributed by atoms with van der Waals surface area (Å²) >= 11 is 0. The molecule has 1 unspecified atom stereocenters. The van der Waals surface area contributed by atoms with E-state index in [1.165, 1.54) is 18.4 Å². The molecule has 0 bridgehead atoms. The molecule has 0 fully saturated rings. The molecule has 88 valence electrons. The number of aldehydes is 1. The van der Waals surface area contributed by atoms with Crippen molar-refractivity contribution in [3.05, 3.63) is 11.6 Å². The maximum absolute atomic E-state index is 10.4. The van der Waals surface area contributed by atoms with Crippen LogP contribution in [0.15, 0.2) is 11.6 Å². The van der Waals surface area contributed by atoms with Crippen LogP contribution in [-0.2, 0) is 4.79 Å². The third-order valence-electron chi connectivity index (χ3n) is 2.33. The van der Waals surface area contributed by atoms with Gasteiger partial charge in [-0.25, -0.2) is 0 Å². The van der Waals surface area contributed by atoms with E-state index in [1.807, 2.05) is 0 Å². The zero-order valence-corrected chi connectivity index (χ0v) is 10.9. The molecular weight excluding hydrogens is 184 g/mol. The largest absolute Gasteiger partial charge is 0.303 e. The fourth-order valence-electron chi connectivity index (χ4n) is 1.89. The third-order valence-corrected chi connectivity index (χ3v) is 2.33. The van der Waals surface area contributed by atoms with Crippen molar-refractivity contribution in [2.75, 3.05) is 0 Å². The lowest BCUT2D eigenvalue weighted by Crippen LogP contribution is -2.00. The zero-order chi connectivity index (χ0) is 11.8. The quantitative estimate of drug-likeness (QED) is 0.454. The van der Waals surface area contributed by atoms with Gasteiger partial charge in [-0.15, -0.1) is 0 Å². The monoisotopic (exact) mass is 210 g/mol. The lowest BCUT2D eigenvalue weighted by molar-refractivity contribution is -0.108. The molecule has 15 heavy (non-hydrogen) atoms. The van der Waals surface area contributed by atoms with Crippen LogP contribution < -0.4 is 0 Å². The van der Waals surface area contributed by atoms with Gasteiger partial charge >= 0.3 is 0 Å². The van der Waals surface area contributed by atoms with Gasteiger partial charge in [-0.2, -0.15) is 0 Å². The molecule has 0 saturated heterocycles. The van der Waals surface area contributed by atoms with Crippen LogP contribution in [0.25, 0.3) is 0 Å². The van der Waals surface area contributed by atoms with Gasteiger partial charge in [0, 0.05) is 6.42 Å². The maximum Gasteiger partial charge on any atom is 0.120 e. The average molecular weight is 210 g/mol. The summed E-state index contributed by atoms with van der Waals surface area (Å²) in [6.07, 6.45) is 6.31. The van der Waals surface area contributed by atoms with Crippen molar-refractivity contribution < 1.29 is 4.79 Å². The molecule has 0 aliphatic rings. The smallest absolute Gasteiger partial charge is 0.120 e. The Morgan fingerprint density at radius 3 is 1.80 bits per heavy atom. The molecule has 0 radical (unpaired) electrons. The van der Waals surface area contributed by atoms with Crippen LogP contribution >= 0.6 is 0 Å². The predicted molar refractivity (Wildman–Crippen MR) is 66.8 cm³/mol. The summed E-state index contributed by atoms with van der Waals surface area (Å²) in [5, 5.41) is 0. The molecule has 0 aromatic rings. The number of hydrogen-bond donors (Lipinski definition) is 0. The molecule has 1 heteroatoms. The van der Waals surface area contributed by atoms with E-state index in [4.69, 9.17) is 0 Å². The molecule has 0 heterocycles. The van der Waals surface area contributed by atoms with Crippen LogP contribution in [0, 0.1) is 17.8 Å². The van der Waals surface area contributed by atoms with E-state index in [0.29, 0.717) is 24.2 Å². The summed E-state index contributed by atoms with van der Waals surface area (Å²) in [5.41, 5.74) is 1.52. The van der Waals surface area contributed by atoms with E-state index in [9.17, 15) is 4.79 Å². The van der Waals surface area contributed by atoms with Crippen molar-refractivity contribution in [1.29, 1.82) is 0 Å². The number of allylic oxidation sites excluding steroid dienone is 2. The highest BCUT2D eigenvalue weighted by Gasteiger charge is 2.06. The average Bonchev–Trinajstić information content (AvgIpc) is 2.00. The zero-order valence-electron chi connectivity index (χ0n) is 10.9. The van der Waals surface area contributed by atoms with Crippen LogP contribution in [0.2, 0.25) is 0 Å². The third kappa shape index (κ3) is 8.41. The Bertz CT molecular complexity index is 189. The second kappa shape index (κ2) is 7.67. The van der Waals surface area contributed by atoms with Crippen molar-refractivity contribution in [2.24, 2.45) is 17.8 Å². The predicted octanol–water partition coefficient (Wildman–Crippen LogP) is 4.23. The van der Waals surface area contributed by atoms with Gasteiger partial charge in [0.2, 0.25) is 0 Å². The molecule has 1 atom stereocenters. The molecule has 0 amide bonds. The molecule has 0 rings (SSSR count). The molecule has 0 aliphatic heterocycles. The van der Waals surface area contributed by atoms with Gasteiger partial charge in [0.15, 0.2) is 0 Å². The molecule has 0 aromatic heterocycles. The van der Waals surface area contributed by atoms with Crippen molar-refractivity contribution in [2.45, 2.75) is 53.9 Å². The van der Waals surface area contributed by atoms with E-state index in [-0.39, 0.29) is 0 Å². The first-order chi connectivity index (χ1) is 6.95. The minimum absolute atomic E-state index is 0.398. The number of rotatable bonds is 7. The van der Waals surface area contributed by atoms with Crippen molar-refractivity contribution in [3.63, 3.8) is 0 Å². The number of carbonyl (C=O) groups is 1. The van der Waals surface area contributed by atoms with Gasteiger partial charge < -0.3 is 4.79 Å². The SMILES string of the molecule is CC(C)CC(=CC(C)CC=O)CC(C)C. The summed E-state index contributed by atoms with van der Waals surface area (Å²) in [6.45, 7) is 11.1. The molecule has 0 N–H and O–H groups in total. The van der Waals surface area contributed by atoms with Crippen molar-refractivity contribution >= 4 is 6.29 Å². The van der Waals surface area contributed by atoms with Crippen LogP contribution in [0.4, 0.5) is 0 Å². The topological polar surface area (TPSA) is 17.1 Å². The summed E-state index contributed by atoms with van der Waals surface area (Å²) < 4.78 is 0. The molecule has 0 saturated carbocycles. The normalized spacial score (nSPS) is 13.0. The van der Waals surface area contributed by atoms with Gasteiger partial charge in [-0.1, -0.05) is 46.3 Å². The van der Waals surface area contributed by atoms with E-state index in [2.05, 4.69) is 40.7 Å². The van der Waals surface area contributed by atoms with Gasteiger partial charge in [0.05, 0.1) is 0 Å². The standard InChI is InChI=1S/C14H26O/c1-11(2)8-14(9-12(3)4)10-13(5)6-7-15/h7,10-13H,6,8-9H2,1-5H3. The van der Waals surface area contributed by atoms with E-state index in [1.54, 1.807) is 0 Å². The van der Waals surface area contributed by atoms with Crippen LogP contribution in [0.1, 0.15) is 53.9 Å². The lowest BCUT2D eigenvalue weighted by Gasteiger charge is -2.14. The number of hydrogen-bond acceptors (Lipinski definition) is 1. The van der Waals surface area contributed by atoms with Crippen LogP contribution in [-0.4, -0.2) is 6.29 Å². The van der Waals surface area contributed by atoms with Crippen molar-refractivity contribution in [3.8, 4) is 0 Å². The molecule has 0 spiro atoms. The first-order valence-corrected chi connectivity index (χ1v) is 6.08. The maximum atomic E-state index is 10.4. The Balaban J connectivity index is 4.37. The highest BCUT2D eigenvalue weighted by Crippen LogP contribution is 2.21. The second-order valence-electron chi connectivity index (χ2n) is 5.40. The summed E-state index contributed by atoms with van der Waals surface area (Å²) in [4.78, 5) is 10.4. The summed E-state index contributed by atoms with van der Waals surface area (Å²) in [7, 11) is 0. The van der Waals surface area contributed by atoms with Gasteiger partial charge in [0.25, 0.3) is 0 Å². The Kier molecular flexibility index (Phi) is 7.37. The van der Waals surface area contributed by atoms with Crippen molar-refractivity contribution in [1.82, 2.24) is 0 Å². The molecular formula is C14H26O. The fraction of sp³-hybridized carbons (Fsp3) is 0.786. The molecule has 0 aromatic carbocycles. The second-order valence-corrected chi connectivity index (χ2v) is 5.40. The van der Waals surface area contributed by atoms with Gasteiger partial charge in [0.1, 0.15) is 6.29 Å². The van der Waals surface area contributed by atoms with Crippen LogP contribution in [0.3, 0.4) is 0 Å². The fourth-order valence-corrected chi connectivity index (χ4v) is 1.89. The van der Waals surface area contributed by atoms with Gasteiger partial charge in [-0.05, 0) is 30.6 Å². The van der Waals surface area contributed by atoms with Gasteiger partial charge in [-0.3, -0.25) is 0 Å². The highest BCUT2D eigenvalue weighted by molar-refractivity contribution is 5.50. The Morgan fingerprint density at radius 1 is 1.00 bits per heavy atom. The Hall–Kier alpha value is -0.590. The summed E-state index contributed by atoms with van der Waals surface area (Å²) in [6, 6.07) is 0. The lowest BCUT2D eigenvalue weighted by atomic mass is 9.92. The first kappa shape index (κ1) is 14.4. The summed E-state index contributed by atoms with van der Waals surface area (Å²) in [5.74, 6) is 1.81. The number of carbonyl (C=O) groups excluding carboxylic acids is 1.